The van der Waals surface area contributed by atoms with E-state index >= 15 is 0 Å². The van der Waals surface area contributed by atoms with Crippen LogP contribution in [0.15, 0.2) is 30.5 Å². The van der Waals surface area contributed by atoms with Crippen molar-refractivity contribution in [2.45, 2.75) is 6.92 Å². The molecule has 110 valence electrons. The van der Waals surface area contributed by atoms with Gasteiger partial charge in [-0.15, -0.1) is 0 Å². The second-order valence-corrected chi connectivity index (χ2v) is 5.59. The lowest BCUT2D eigenvalue weighted by Gasteiger charge is -2.12. The minimum Gasteiger partial charge on any atom is -0.359 e. The number of nitrogens with one attached hydrogen (secondary N) is 4. The lowest BCUT2D eigenvalue weighted by atomic mass is 10.1. The van der Waals surface area contributed by atoms with Crippen LogP contribution in [0.4, 0.5) is 11.5 Å². The van der Waals surface area contributed by atoms with E-state index in [1.807, 2.05) is 36.8 Å². The first-order valence-electron chi connectivity index (χ1n) is 6.94. The molecule has 3 heterocycles. The molecule has 22 heavy (non-hydrogen) atoms. The highest BCUT2D eigenvalue weighted by molar-refractivity contribution is 6.29. The van der Waals surface area contributed by atoms with Gasteiger partial charge in [-0.3, -0.25) is 0 Å². The van der Waals surface area contributed by atoms with Crippen LogP contribution in [0.3, 0.4) is 0 Å². The van der Waals surface area contributed by atoms with E-state index in [1.165, 1.54) is 10.9 Å². The summed E-state index contributed by atoms with van der Waals surface area (Å²) in [5.41, 5.74) is 9.15. The van der Waals surface area contributed by atoms with Crippen molar-refractivity contribution in [2.24, 2.45) is 0 Å². The van der Waals surface area contributed by atoms with Crippen molar-refractivity contribution >= 4 is 46.4 Å². The summed E-state index contributed by atoms with van der Waals surface area (Å²) in [5, 5.41) is 6.97. The first-order valence-corrected chi connectivity index (χ1v) is 7.32. The molecule has 0 amide bonds. The highest BCUT2D eigenvalue weighted by Gasteiger charge is 2.09. The molecule has 3 aromatic rings. The maximum Gasteiger partial charge on any atom is 0.141 e. The van der Waals surface area contributed by atoms with Crippen molar-refractivity contribution in [1.82, 2.24) is 20.8 Å². The van der Waals surface area contributed by atoms with E-state index in [2.05, 4.69) is 39.1 Å². The van der Waals surface area contributed by atoms with Gasteiger partial charge in [-0.1, -0.05) is 23.7 Å². The van der Waals surface area contributed by atoms with Crippen LogP contribution < -0.4 is 26.6 Å². The molecule has 1 aromatic carbocycles. The Morgan fingerprint density at radius 2 is 2.05 bits per heavy atom. The summed E-state index contributed by atoms with van der Waals surface area (Å²) in [6, 6.07) is 7.97. The number of pyridine rings is 1. The number of nitrogens with zero attached hydrogens (tertiary/aromatic N) is 1. The summed E-state index contributed by atoms with van der Waals surface area (Å²) in [6.45, 7) is 2.08. The molecule has 0 atom stereocenters. The smallest absolute Gasteiger partial charge is 0.141 e. The molecular weight excluding hydrogens is 298 g/mol. The van der Waals surface area contributed by atoms with Gasteiger partial charge in [0.25, 0.3) is 0 Å². The van der Waals surface area contributed by atoms with E-state index in [4.69, 9.17) is 11.6 Å². The van der Waals surface area contributed by atoms with E-state index < -0.39 is 0 Å². The van der Waals surface area contributed by atoms with Crippen LogP contribution in [-0.2, 0) is 0 Å². The van der Waals surface area contributed by atoms with Crippen molar-refractivity contribution in [3.05, 3.63) is 51.6 Å². The van der Waals surface area contributed by atoms with Gasteiger partial charge in [-0.25, -0.2) is 4.98 Å². The van der Waals surface area contributed by atoms with Crippen LogP contribution in [-0.4, -0.2) is 9.97 Å². The summed E-state index contributed by atoms with van der Waals surface area (Å²) in [7, 11) is 0. The number of hydrazine groups is 1. The summed E-state index contributed by atoms with van der Waals surface area (Å²) >= 11 is 6.13. The molecule has 0 radical (unpaired) electrons. The average molecular weight is 312 g/mol. The number of H-pyrrole nitrogens is 1. The van der Waals surface area contributed by atoms with Crippen LogP contribution in [0.5, 0.6) is 0 Å². The number of aromatic nitrogens is 2. The van der Waals surface area contributed by atoms with E-state index in [0.29, 0.717) is 11.0 Å². The van der Waals surface area contributed by atoms with Crippen LogP contribution in [0, 0.1) is 6.92 Å². The number of anilines is 2. The molecule has 0 unspecified atom stereocenters. The molecule has 4 N–H and O–H groups in total. The monoisotopic (exact) mass is 311 g/mol. The summed E-state index contributed by atoms with van der Waals surface area (Å²) in [5.74, 6) is 0.715. The van der Waals surface area contributed by atoms with Crippen LogP contribution in [0.1, 0.15) is 5.56 Å². The van der Waals surface area contributed by atoms with Crippen LogP contribution >= 0.6 is 11.6 Å². The van der Waals surface area contributed by atoms with E-state index in [-0.39, 0.29) is 0 Å². The third kappa shape index (κ3) is 2.07. The summed E-state index contributed by atoms with van der Waals surface area (Å²) < 4.78 is 0. The number of aromatic amines is 1. The minimum atomic E-state index is 0.449. The molecule has 1 aliphatic rings. The van der Waals surface area contributed by atoms with Crippen molar-refractivity contribution < 1.29 is 0 Å². The fraction of sp³-hybridized carbons (Fsp3) is 0.0625. The SMILES string of the molecule is Cc1c[nH]c2c(Nc3nc(Cl)cc4c3=CNNC=4)cccc12. The Bertz CT molecular complexity index is 990. The third-order valence-corrected chi connectivity index (χ3v) is 3.96. The lowest BCUT2D eigenvalue weighted by molar-refractivity contribution is 0.843. The Labute approximate surface area is 131 Å². The van der Waals surface area contributed by atoms with Crippen molar-refractivity contribution in [3.63, 3.8) is 0 Å². The standard InChI is InChI=1S/C16H14ClN5/c1-9-6-18-15-11(9)3-2-4-13(15)21-16-12-8-20-19-7-10(12)5-14(17)22-16/h2-8,18-20H,1H3,(H,21,22). The van der Waals surface area contributed by atoms with Gasteiger partial charge >= 0.3 is 0 Å². The quantitative estimate of drug-likeness (QED) is 0.545. The van der Waals surface area contributed by atoms with Gasteiger partial charge in [0.1, 0.15) is 11.0 Å². The number of fused-ring (bicyclic) bond motifs is 2. The molecule has 5 nitrogen and oxygen atoms in total. The van der Waals surface area contributed by atoms with E-state index in [9.17, 15) is 0 Å². The Hall–Kier alpha value is -2.66. The van der Waals surface area contributed by atoms with E-state index in [0.717, 1.165) is 21.6 Å². The molecule has 2 aromatic heterocycles. The average Bonchev–Trinajstić information content (AvgIpc) is 2.90. The maximum atomic E-state index is 6.13. The predicted molar refractivity (Wildman–Crippen MR) is 90.0 cm³/mol. The number of para-hydroxylation sites is 1. The normalized spacial score (nSPS) is 12.6. The molecule has 0 fully saturated rings. The zero-order valence-corrected chi connectivity index (χ0v) is 12.6. The molecule has 4 rings (SSSR count). The molecule has 6 heteroatoms. The topological polar surface area (TPSA) is 64.8 Å². The second-order valence-electron chi connectivity index (χ2n) is 5.20. The fourth-order valence-corrected chi connectivity index (χ4v) is 2.87. The molecule has 1 aliphatic heterocycles. The summed E-state index contributed by atoms with van der Waals surface area (Å²) in [4.78, 5) is 7.72. The van der Waals surface area contributed by atoms with Gasteiger partial charge in [0, 0.05) is 34.4 Å². The van der Waals surface area contributed by atoms with Crippen molar-refractivity contribution in [2.75, 3.05) is 5.32 Å². The van der Waals surface area contributed by atoms with Gasteiger partial charge in [0.2, 0.25) is 0 Å². The van der Waals surface area contributed by atoms with E-state index in [1.54, 1.807) is 0 Å². The Morgan fingerprint density at radius 1 is 1.18 bits per heavy atom. The van der Waals surface area contributed by atoms with Gasteiger partial charge in [0.05, 0.1) is 11.2 Å². The zero-order valence-electron chi connectivity index (χ0n) is 11.9. The molecule has 0 saturated heterocycles. The zero-order chi connectivity index (χ0) is 15.1. The van der Waals surface area contributed by atoms with Crippen LogP contribution in [0.2, 0.25) is 5.15 Å². The Kier molecular flexibility index (Phi) is 2.94. The fourth-order valence-electron chi connectivity index (χ4n) is 2.67. The maximum absolute atomic E-state index is 6.13. The van der Waals surface area contributed by atoms with Crippen LogP contribution in [0.25, 0.3) is 23.3 Å². The number of rotatable bonds is 2. The van der Waals surface area contributed by atoms with Gasteiger partial charge in [-0.2, -0.15) is 0 Å². The Balaban J connectivity index is 1.89. The first kappa shape index (κ1) is 13.0. The third-order valence-electron chi connectivity index (χ3n) is 3.76. The molecule has 0 aliphatic carbocycles. The van der Waals surface area contributed by atoms with Crippen molar-refractivity contribution in [3.8, 4) is 0 Å². The second kappa shape index (κ2) is 4.96. The Morgan fingerprint density at radius 3 is 2.95 bits per heavy atom. The predicted octanol–water partition coefficient (Wildman–Crippen LogP) is 1.85. The number of hydrogen-bond donors (Lipinski definition) is 4. The number of halogens is 1. The number of aryl methyl sites for hydroxylation is 1. The number of benzene rings is 1. The highest BCUT2D eigenvalue weighted by Crippen LogP contribution is 2.26. The summed E-state index contributed by atoms with van der Waals surface area (Å²) in [6.07, 6.45) is 5.72. The van der Waals surface area contributed by atoms with Gasteiger partial charge in [-0.05, 0) is 24.6 Å². The molecule has 0 saturated carbocycles. The lowest BCUT2D eigenvalue weighted by Crippen LogP contribution is -2.40. The largest absolute Gasteiger partial charge is 0.359 e. The molecule has 0 bridgehead atoms. The first-order chi connectivity index (χ1) is 10.7. The highest BCUT2D eigenvalue weighted by atomic mass is 35.5. The minimum absolute atomic E-state index is 0.449. The number of hydrogen-bond acceptors (Lipinski definition) is 4. The van der Waals surface area contributed by atoms with Crippen molar-refractivity contribution in [1.29, 1.82) is 0 Å². The van der Waals surface area contributed by atoms with Gasteiger partial charge < -0.3 is 21.2 Å². The molecular formula is C16H14ClN5. The van der Waals surface area contributed by atoms with Gasteiger partial charge in [0.15, 0.2) is 0 Å². The molecule has 0 spiro atoms.